The molecule has 3 nitrogen and oxygen atoms in total. The van der Waals surface area contributed by atoms with Gasteiger partial charge in [-0.25, -0.2) is 0 Å². The standard InChI is InChI=1S/C28H50O3Si/c1-12-15-26(29)27(23(11)17-14-16-19(3)4)25-18-30-28(24(25)13-2)31-32(20(5)6,21(7)8)22(9)10/h1,13,16,20-29H,2,14-15,17-18H2,3-11H3/t23-,24+,25-,26-,27+,28+/m1/s1. The van der Waals surface area contributed by atoms with Crippen molar-refractivity contribution in [3.05, 3.63) is 24.3 Å². The van der Waals surface area contributed by atoms with Gasteiger partial charge in [0.15, 0.2) is 6.29 Å². The highest BCUT2D eigenvalue weighted by Crippen LogP contribution is 2.47. The van der Waals surface area contributed by atoms with Crippen LogP contribution < -0.4 is 0 Å². The third-order valence-electron chi connectivity index (χ3n) is 7.66. The fourth-order valence-electron chi connectivity index (χ4n) is 6.18. The zero-order valence-electron chi connectivity index (χ0n) is 22.2. The summed E-state index contributed by atoms with van der Waals surface area (Å²) in [5, 5.41) is 11.1. The SMILES string of the molecule is C#CC[C@@H](O)[C@H]([C@@H]1CO[C@@H](O[Si](C(C)C)(C(C)C)C(C)C)[C@H]1C=C)[C@H](C)CCC=C(C)C. The minimum absolute atomic E-state index is 0.0569. The second-order valence-corrected chi connectivity index (χ2v) is 16.4. The molecule has 1 saturated heterocycles. The normalized spacial score (nSPS) is 24.4. The molecule has 0 unspecified atom stereocenters. The van der Waals surface area contributed by atoms with Crippen LogP contribution in [0.2, 0.25) is 16.6 Å². The van der Waals surface area contributed by atoms with Crippen molar-refractivity contribution >= 4 is 8.32 Å². The first-order valence-corrected chi connectivity index (χ1v) is 14.7. The molecule has 1 rings (SSSR count). The largest absolute Gasteiger partial charge is 0.392 e. The molecule has 1 heterocycles. The van der Waals surface area contributed by atoms with E-state index in [1.807, 2.05) is 6.08 Å². The number of ether oxygens (including phenoxy) is 1. The van der Waals surface area contributed by atoms with Gasteiger partial charge in [0.1, 0.15) is 0 Å². The third kappa shape index (κ3) is 6.82. The summed E-state index contributed by atoms with van der Waals surface area (Å²) in [4.78, 5) is 0. The second-order valence-electron chi connectivity index (χ2n) is 11.0. The fourth-order valence-corrected chi connectivity index (χ4v) is 11.6. The topological polar surface area (TPSA) is 38.7 Å². The summed E-state index contributed by atoms with van der Waals surface area (Å²) in [6.07, 6.45) is 11.4. The van der Waals surface area contributed by atoms with Crippen molar-refractivity contribution in [1.29, 1.82) is 0 Å². The van der Waals surface area contributed by atoms with Crippen LogP contribution in [0.25, 0.3) is 0 Å². The Morgan fingerprint density at radius 2 is 1.72 bits per heavy atom. The molecular weight excluding hydrogens is 412 g/mol. The van der Waals surface area contributed by atoms with Crippen LogP contribution in [0.5, 0.6) is 0 Å². The lowest BCUT2D eigenvalue weighted by atomic mass is 9.71. The van der Waals surface area contributed by atoms with Gasteiger partial charge in [0, 0.05) is 12.3 Å². The Kier molecular flexibility index (Phi) is 12.0. The first-order chi connectivity index (χ1) is 14.9. The predicted octanol–water partition coefficient (Wildman–Crippen LogP) is 7.34. The summed E-state index contributed by atoms with van der Waals surface area (Å²) in [6, 6.07) is 0. The maximum Gasteiger partial charge on any atom is 0.203 e. The van der Waals surface area contributed by atoms with Gasteiger partial charge in [-0.2, -0.15) is 0 Å². The zero-order chi connectivity index (χ0) is 24.6. The van der Waals surface area contributed by atoms with Gasteiger partial charge in [-0.1, -0.05) is 66.2 Å². The molecule has 1 aliphatic rings. The molecule has 0 bridgehead atoms. The highest BCUT2D eigenvalue weighted by molar-refractivity contribution is 6.77. The van der Waals surface area contributed by atoms with Gasteiger partial charge in [0.25, 0.3) is 0 Å². The number of terminal acetylenes is 1. The van der Waals surface area contributed by atoms with Gasteiger partial charge in [-0.3, -0.25) is 0 Å². The molecule has 0 aliphatic carbocycles. The molecule has 32 heavy (non-hydrogen) atoms. The van der Waals surface area contributed by atoms with E-state index in [0.717, 1.165) is 12.8 Å². The van der Waals surface area contributed by atoms with E-state index in [1.54, 1.807) is 0 Å². The molecular formula is C28H50O3Si. The Morgan fingerprint density at radius 3 is 2.16 bits per heavy atom. The average Bonchev–Trinajstić information content (AvgIpc) is 3.07. The Bertz CT molecular complexity index is 620. The third-order valence-corrected chi connectivity index (χ3v) is 13.7. The van der Waals surface area contributed by atoms with Gasteiger partial charge in [0.2, 0.25) is 8.32 Å². The molecule has 1 N–H and O–H groups in total. The molecule has 1 aliphatic heterocycles. The Balaban J connectivity index is 3.20. The number of rotatable bonds is 13. The van der Waals surface area contributed by atoms with Gasteiger partial charge >= 0.3 is 0 Å². The fraction of sp³-hybridized carbons (Fsp3) is 0.786. The Labute approximate surface area is 200 Å². The summed E-state index contributed by atoms with van der Waals surface area (Å²) in [6.45, 7) is 25.0. The lowest BCUT2D eigenvalue weighted by molar-refractivity contribution is -0.0650. The van der Waals surface area contributed by atoms with Gasteiger partial charge in [-0.05, 0) is 61.1 Å². The van der Waals surface area contributed by atoms with E-state index in [9.17, 15) is 5.11 Å². The second kappa shape index (κ2) is 13.1. The van der Waals surface area contributed by atoms with E-state index >= 15 is 0 Å². The van der Waals surface area contributed by atoms with Gasteiger partial charge in [-0.15, -0.1) is 18.9 Å². The zero-order valence-corrected chi connectivity index (χ0v) is 23.2. The monoisotopic (exact) mass is 462 g/mol. The smallest absolute Gasteiger partial charge is 0.203 e. The van der Waals surface area contributed by atoms with Crippen molar-refractivity contribution in [2.45, 2.75) is 111 Å². The van der Waals surface area contributed by atoms with Crippen LogP contribution in [0.15, 0.2) is 24.3 Å². The van der Waals surface area contributed by atoms with E-state index in [0.29, 0.717) is 35.6 Å². The number of aliphatic hydroxyl groups is 1. The summed E-state index contributed by atoms with van der Waals surface area (Å²) in [5.74, 6) is 3.27. The number of allylic oxidation sites excluding steroid dienone is 2. The molecule has 0 aromatic heterocycles. The lowest BCUT2D eigenvalue weighted by Crippen LogP contribution is -2.51. The van der Waals surface area contributed by atoms with Crippen molar-refractivity contribution in [2.24, 2.45) is 23.7 Å². The highest BCUT2D eigenvalue weighted by atomic mass is 28.4. The predicted molar refractivity (Wildman–Crippen MR) is 140 cm³/mol. The van der Waals surface area contributed by atoms with Crippen LogP contribution in [0.1, 0.15) is 81.6 Å². The average molecular weight is 463 g/mol. The molecule has 0 aromatic carbocycles. The van der Waals surface area contributed by atoms with E-state index in [4.69, 9.17) is 15.6 Å². The summed E-state index contributed by atoms with van der Waals surface area (Å²) in [7, 11) is -2.09. The summed E-state index contributed by atoms with van der Waals surface area (Å²) >= 11 is 0. The maximum atomic E-state index is 11.1. The van der Waals surface area contributed by atoms with Crippen molar-refractivity contribution in [3.63, 3.8) is 0 Å². The van der Waals surface area contributed by atoms with E-state index < -0.39 is 14.4 Å². The lowest BCUT2D eigenvalue weighted by Gasteiger charge is -2.44. The van der Waals surface area contributed by atoms with E-state index in [2.05, 4.69) is 80.9 Å². The summed E-state index contributed by atoms with van der Waals surface area (Å²) in [5.41, 5.74) is 2.79. The molecule has 6 atom stereocenters. The van der Waals surface area contributed by atoms with Crippen molar-refractivity contribution in [1.82, 2.24) is 0 Å². The molecule has 0 aromatic rings. The van der Waals surface area contributed by atoms with Crippen molar-refractivity contribution in [2.75, 3.05) is 6.61 Å². The summed E-state index contributed by atoms with van der Waals surface area (Å²) < 4.78 is 13.4. The number of hydrogen-bond donors (Lipinski definition) is 1. The van der Waals surface area contributed by atoms with Crippen molar-refractivity contribution < 1.29 is 14.3 Å². The number of aliphatic hydroxyl groups excluding tert-OH is 1. The quantitative estimate of drug-likeness (QED) is 0.177. The van der Waals surface area contributed by atoms with Crippen LogP contribution in [0, 0.1) is 36.0 Å². The van der Waals surface area contributed by atoms with E-state index in [1.165, 1.54) is 5.57 Å². The Hall–Kier alpha value is -0.863. The van der Waals surface area contributed by atoms with Crippen LogP contribution >= 0.6 is 0 Å². The minimum atomic E-state index is -2.09. The first kappa shape index (κ1) is 29.2. The van der Waals surface area contributed by atoms with E-state index in [-0.39, 0.29) is 24.0 Å². The van der Waals surface area contributed by atoms with Crippen LogP contribution in [-0.4, -0.2) is 32.4 Å². The van der Waals surface area contributed by atoms with Crippen LogP contribution in [0.3, 0.4) is 0 Å². The molecule has 4 heteroatoms. The van der Waals surface area contributed by atoms with Gasteiger partial charge in [0.05, 0.1) is 12.7 Å². The molecule has 0 radical (unpaired) electrons. The molecule has 0 amide bonds. The molecule has 184 valence electrons. The molecule has 0 spiro atoms. The molecule has 1 fully saturated rings. The number of hydrogen-bond acceptors (Lipinski definition) is 3. The Morgan fingerprint density at radius 1 is 1.16 bits per heavy atom. The minimum Gasteiger partial charge on any atom is -0.392 e. The van der Waals surface area contributed by atoms with Crippen molar-refractivity contribution in [3.8, 4) is 12.3 Å². The maximum absolute atomic E-state index is 11.1. The molecule has 0 saturated carbocycles. The van der Waals surface area contributed by atoms with Crippen LogP contribution in [-0.2, 0) is 9.16 Å². The highest BCUT2D eigenvalue weighted by Gasteiger charge is 2.51. The van der Waals surface area contributed by atoms with Gasteiger partial charge < -0.3 is 14.3 Å². The first-order valence-electron chi connectivity index (χ1n) is 12.6. The van der Waals surface area contributed by atoms with Crippen LogP contribution in [0.4, 0.5) is 0 Å².